The molecule has 2 atom stereocenters. The summed E-state index contributed by atoms with van der Waals surface area (Å²) in [6.45, 7) is 2.55. The third-order valence-electron chi connectivity index (χ3n) is 2.29. The van der Waals surface area contributed by atoms with Crippen LogP contribution in [0.25, 0.3) is 0 Å². The second-order valence-corrected chi connectivity index (χ2v) is 4.22. The van der Waals surface area contributed by atoms with E-state index in [4.69, 9.17) is 0 Å². The summed E-state index contributed by atoms with van der Waals surface area (Å²) < 4.78 is 2.47. The molecule has 2 unspecified atom stereocenters. The average Bonchev–Trinajstić information content (AvgIpc) is 1.87. The smallest absolute Gasteiger partial charge is 0.0340 e. The largest absolute Gasteiger partial charge is 0.303 e. The van der Waals surface area contributed by atoms with E-state index in [-0.39, 0.29) is 0 Å². The van der Waals surface area contributed by atoms with Crippen molar-refractivity contribution in [3.63, 3.8) is 0 Å². The van der Waals surface area contributed by atoms with E-state index in [0.717, 1.165) is 12.1 Å². The van der Waals surface area contributed by atoms with Gasteiger partial charge in [0.15, 0.2) is 0 Å². The summed E-state index contributed by atoms with van der Waals surface area (Å²) in [5.74, 6) is 0. The fourth-order valence-corrected chi connectivity index (χ4v) is 2.58. The van der Waals surface area contributed by atoms with Crippen LogP contribution in [0.2, 0.25) is 0 Å². The van der Waals surface area contributed by atoms with Crippen LogP contribution in [0.3, 0.4) is 0 Å². The minimum atomic E-state index is 0.870. The molecule has 3 heteroatoms. The molecule has 52 valence electrons. The molecule has 2 bridgehead atoms. The molecular weight excluding hydrogens is 227 g/mol. The van der Waals surface area contributed by atoms with Gasteiger partial charge >= 0.3 is 0 Å². The zero-order valence-corrected chi connectivity index (χ0v) is 7.71. The number of likely N-dealkylation sites (N-methyl/N-ethyl adjacent to an activating group) is 1. The van der Waals surface area contributed by atoms with Gasteiger partial charge in [-0.1, -0.05) is 0 Å². The summed E-state index contributed by atoms with van der Waals surface area (Å²) in [7, 11) is 2.21. The van der Waals surface area contributed by atoms with Crippen molar-refractivity contribution in [2.75, 3.05) is 20.1 Å². The number of piperidine rings is 1. The van der Waals surface area contributed by atoms with E-state index >= 15 is 0 Å². The van der Waals surface area contributed by atoms with E-state index in [1.54, 1.807) is 0 Å². The fraction of sp³-hybridized carbons (Fsp3) is 1.00. The first kappa shape index (κ1) is 6.37. The SMILES string of the molecule is CN1CC2CC(C1)N2I. The summed E-state index contributed by atoms with van der Waals surface area (Å²) in [6, 6.07) is 1.74. The Morgan fingerprint density at radius 2 is 1.89 bits per heavy atom. The van der Waals surface area contributed by atoms with E-state index in [9.17, 15) is 0 Å². The van der Waals surface area contributed by atoms with Gasteiger partial charge in [0, 0.05) is 48.0 Å². The lowest BCUT2D eigenvalue weighted by atomic mass is 9.92. The molecule has 0 radical (unpaired) electrons. The Morgan fingerprint density at radius 1 is 1.33 bits per heavy atom. The molecule has 0 aliphatic carbocycles. The first-order valence-electron chi connectivity index (χ1n) is 3.40. The second-order valence-electron chi connectivity index (χ2n) is 3.11. The molecule has 0 spiro atoms. The molecule has 2 nitrogen and oxygen atoms in total. The molecule has 9 heavy (non-hydrogen) atoms. The normalized spacial score (nSPS) is 44.7. The minimum absolute atomic E-state index is 0.870. The molecule has 3 aliphatic rings. The van der Waals surface area contributed by atoms with Crippen LogP contribution in [0.4, 0.5) is 0 Å². The summed E-state index contributed by atoms with van der Waals surface area (Å²) in [6.07, 6.45) is 1.44. The summed E-state index contributed by atoms with van der Waals surface area (Å²) >= 11 is 2.45. The van der Waals surface area contributed by atoms with Crippen molar-refractivity contribution in [2.45, 2.75) is 18.5 Å². The summed E-state index contributed by atoms with van der Waals surface area (Å²) in [4.78, 5) is 2.42. The van der Waals surface area contributed by atoms with Gasteiger partial charge < -0.3 is 4.90 Å². The molecular formula is C6H11IN2. The minimum Gasteiger partial charge on any atom is -0.303 e. The third-order valence-corrected chi connectivity index (χ3v) is 3.86. The van der Waals surface area contributed by atoms with Crippen LogP contribution in [-0.4, -0.2) is 40.2 Å². The number of fused-ring (bicyclic) bond motifs is 2. The predicted octanol–water partition coefficient (Wildman–Crippen LogP) is 0.725. The summed E-state index contributed by atoms with van der Waals surface area (Å²) in [5.41, 5.74) is 0. The zero-order valence-electron chi connectivity index (χ0n) is 5.55. The lowest BCUT2D eigenvalue weighted by molar-refractivity contribution is 0.0291. The summed E-state index contributed by atoms with van der Waals surface area (Å²) in [5, 5.41) is 0. The van der Waals surface area contributed by atoms with Crippen molar-refractivity contribution in [1.82, 2.24) is 8.01 Å². The third kappa shape index (κ3) is 0.897. The fourth-order valence-electron chi connectivity index (χ4n) is 1.77. The quantitative estimate of drug-likeness (QED) is 0.453. The maximum Gasteiger partial charge on any atom is 0.0340 e. The van der Waals surface area contributed by atoms with Gasteiger partial charge in [-0.2, -0.15) is 0 Å². The number of nitrogens with zero attached hydrogens (tertiary/aromatic N) is 2. The van der Waals surface area contributed by atoms with Crippen molar-refractivity contribution in [3.8, 4) is 0 Å². The Kier molecular flexibility index (Phi) is 1.46. The van der Waals surface area contributed by atoms with Gasteiger partial charge in [-0.3, -0.25) is 0 Å². The standard InChI is InChI=1S/C6H11IN2/c1-8-3-5-2-6(4-8)9(5)7/h5-6H,2-4H2,1H3. The molecule has 0 saturated carbocycles. The molecule has 0 aromatic rings. The van der Waals surface area contributed by atoms with Crippen molar-refractivity contribution >= 4 is 22.9 Å². The Balaban J connectivity index is 2.01. The predicted molar refractivity (Wildman–Crippen MR) is 45.5 cm³/mol. The highest BCUT2D eigenvalue weighted by molar-refractivity contribution is 14.1. The highest BCUT2D eigenvalue weighted by Gasteiger charge is 2.41. The highest BCUT2D eigenvalue weighted by atomic mass is 127. The number of hydrogen-bond acceptors (Lipinski definition) is 2. The van der Waals surface area contributed by atoms with Gasteiger partial charge in [-0.05, 0) is 13.5 Å². The van der Waals surface area contributed by atoms with E-state index in [1.165, 1.54) is 19.5 Å². The van der Waals surface area contributed by atoms with Crippen LogP contribution < -0.4 is 0 Å². The highest BCUT2D eigenvalue weighted by Crippen LogP contribution is 2.34. The Bertz CT molecular complexity index is 116. The molecule has 3 fully saturated rings. The van der Waals surface area contributed by atoms with Gasteiger partial charge in [0.05, 0.1) is 0 Å². The zero-order chi connectivity index (χ0) is 6.43. The molecule has 0 amide bonds. The van der Waals surface area contributed by atoms with E-state index < -0.39 is 0 Å². The van der Waals surface area contributed by atoms with Gasteiger partial charge in [-0.25, -0.2) is 3.11 Å². The average molecular weight is 238 g/mol. The van der Waals surface area contributed by atoms with Crippen LogP contribution in [-0.2, 0) is 0 Å². The van der Waals surface area contributed by atoms with E-state index in [1.807, 2.05) is 0 Å². The van der Waals surface area contributed by atoms with Crippen LogP contribution in [0.5, 0.6) is 0 Å². The lowest BCUT2D eigenvalue weighted by Gasteiger charge is -2.52. The van der Waals surface area contributed by atoms with Gasteiger partial charge in [0.25, 0.3) is 0 Å². The molecule has 3 aliphatic heterocycles. The number of halogens is 1. The Hall–Kier alpha value is 0.650. The van der Waals surface area contributed by atoms with Crippen molar-refractivity contribution in [3.05, 3.63) is 0 Å². The maximum absolute atomic E-state index is 2.47. The van der Waals surface area contributed by atoms with Crippen molar-refractivity contribution in [1.29, 1.82) is 0 Å². The van der Waals surface area contributed by atoms with Gasteiger partial charge in [0.2, 0.25) is 0 Å². The van der Waals surface area contributed by atoms with Crippen LogP contribution in [0.1, 0.15) is 6.42 Å². The van der Waals surface area contributed by atoms with Crippen LogP contribution in [0, 0.1) is 0 Å². The first-order chi connectivity index (χ1) is 4.27. The van der Waals surface area contributed by atoms with Gasteiger partial charge in [-0.15, -0.1) is 0 Å². The maximum atomic E-state index is 2.47. The first-order valence-corrected chi connectivity index (χ1v) is 4.36. The number of piperazine rings is 1. The second kappa shape index (κ2) is 2.07. The molecule has 3 saturated heterocycles. The van der Waals surface area contributed by atoms with E-state index in [2.05, 4.69) is 37.9 Å². The van der Waals surface area contributed by atoms with Crippen LogP contribution >= 0.6 is 22.9 Å². The number of hydrogen-bond donors (Lipinski definition) is 0. The van der Waals surface area contributed by atoms with Crippen LogP contribution in [0.15, 0.2) is 0 Å². The molecule has 0 aromatic carbocycles. The lowest BCUT2D eigenvalue weighted by Crippen LogP contribution is -2.63. The van der Waals surface area contributed by atoms with Gasteiger partial charge in [0.1, 0.15) is 0 Å². The molecule has 3 rings (SSSR count). The molecule has 3 heterocycles. The molecule has 0 N–H and O–H groups in total. The Morgan fingerprint density at radius 3 is 2.22 bits per heavy atom. The van der Waals surface area contributed by atoms with E-state index in [0.29, 0.717) is 0 Å². The monoisotopic (exact) mass is 238 g/mol. The van der Waals surface area contributed by atoms with Crippen molar-refractivity contribution in [2.24, 2.45) is 0 Å². The number of rotatable bonds is 0. The van der Waals surface area contributed by atoms with Crippen molar-refractivity contribution < 1.29 is 0 Å². The molecule has 0 aromatic heterocycles. The topological polar surface area (TPSA) is 6.48 Å². The Labute approximate surface area is 69.7 Å².